The molecule has 2 atom stereocenters. The molecule has 0 radical (unpaired) electrons. The molecule has 2 heteroatoms. The second kappa shape index (κ2) is 3.56. The van der Waals surface area contributed by atoms with Crippen molar-refractivity contribution in [1.29, 1.82) is 0 Å². The fraction of sp³-hybridized carbons (Fsp3) is 0.900. The van der Waals surface area contributed by atoms with Crippen molar-refractivity contribution in [3.05, 3.63) is 0 Å². The SMILES string of the molecule is CCCOC1CC(=O)C1(C)CC. The van der Waals surface area contributed by atoms with Crippen LogP contribution in [0.2, 0.25) is 0 Å². The Morgan fingerprint density at radius 2 is 2.25 bits per heavy atom. The lowest BCUT2D eigenvalue weighted by Crippen LogP contribution is -2.53. The number of hydrogen-bond donors (Lipinski definition) is 0. The van der Waals surface area contributed by atoms with Crippen LogP contribution in [0.25, 0.3) is 0 Å². The van der Waals surface area contributed by atoms with Crippen LogP contribution in [0.4, 0.5) is 0 Å². The summed E-state index contributed by atoms with van der Waals surface area (Å²) in [5.41, 5.74) is -0.171. The second-order valence-electron chi connectivity index (χ2n) is 3.76. The average Bonchev–Trinajstić information content (AvgIpc) is 2.10. The topological polar surface area (TPSA) is 26.3 Å². The summed E-state index contributed by atoms with van der Waals surface area (Å²) in [6, 6.07) is 0. The molecule has 1 saturated carbocycles. The number of carbonyl (C=O) groups is 1. The van der Waals surface area contributed by atoms with Crippen molar-refractivity contribution in [1.82, 2.24) is 0 Å². The molecule has 0 heterocycles. The van der Waals surface area contributed by atoms with Gasteiger partial charge in [0, 0.05) is 13.0 Å². The largest absolute Gasteiger partial charge is 0.377 e. The minimum Gasteiger partial charge on any atom is -0.377 e. The third-order valence-electron chi connectivity index (χ3n) is 2.98. The Morgan fingerprint density at radius 1 is 1.58 bits per heavy atom. The minimum atomic E-state index is -0.171. The highest BCUT2D eigenvalue weighted by Crippen LogP contribution is 2.42. The van der Waals surface area contributed by atoms with E-state index in [2.05, 4.69) is 13.8 Å². The first kappa shape index (κ1) is 9.72. The standard InChI is InChI=1S/C10H18O2/c1-4-6-12-9-7-8(11)10(9,3)5-2/h9H,4-7H2,1-3H3. The molecule has 70 valence electrons. The van der Waals surface area contributed by atoms with Gasteiger partial charge in [0.1, 0.15) is 5.78 Å². The molecule has 0 aromatic carbocycles. The van der Waals surface area contributed by atoms with Gasteiger partial charge in [-0.2, -0.15) is 0 Å². The normalized spacial score (nSPS) is 34.9. The van der Waals surface area contributed by atoms with Crippen LogP contribution in [0.15, 0.2) is 0 Å². The fourth-order valence-electron chi connectivity index (χ4n) is 1.60. The summed E-state index contributed by atoms with van der Waals surface area (Å²) in [5.74, 6) is 0.367. The van der Waals surface area contributed by atoms with Crippen molar-refractivity contribution in [3.63, 3.8) is 0 Å². The van der Waals surface area contributed by atoms with E-state index in [1.165, 1.54) is 0 Å². The Bertz CT molecular complexity index is 177. The minimum absolute atomic E-state index is 0.171. The molecule has 0 aromatic heterocycles. The molecule has 12 heavy (non-hydrogen) atoms. The Labute approximate surface area is 74.3 Å². The zero-order valence-corrected chi connectivity index (χ0v) is 8.22. The van der Waals surface area contributed by atoms with E-state index in [0.717, 1.165) is 19.4 Å². The molecule has 0 bridgehead atoms. The molecule has 0 amide bonds. The summed E-state index contributed by atoms with van der Waals surface area (Å²) < 4.78 is 5.58. The molecule has 1 aliphatic carbocycles. The van der Waals surface area contributed by atoms with Gasteiger partial charge in [0.2, 0.25) is 0 Å². The lowest BCUT2D eigenvalue weighted by molar-refractivity contribution is -0.161. The van der Waals surface area contributed by atoms with Crippen molar-refractivity contribution in [3.8, 4) is 0 Å². The number of hydrogen-bond acceptors (Lipinski definition) is 2. The van der Waals surface area contributed by atoms with Crippen molar-refractivity contribution in [2.75, 3.05) is 6.61 Å². The number of rotatable bonds is 4. The predicted molar refractivity (Wildman–Crippen MR) is 48.1 cm³/mol. The zero-order chi connectivity index (χ0) is 9.19. The van der Waals surface area contributed by atoms with Crippen molar-refractivity contribution < 1.29 is 9.53 Å². The average molecular weight is 170 g/mol. The van der Waals surface area contributed by atoms with E-state index in [9.17, 15) is 4.79 Å². The Balaban J connectivity index is 2.43. The maximum atomic E-state index is 11.3. The van der Waals surface area contributed by atoms with E-state index in [1.807, 2.05) is 6.92 Å². The summed E-state index contributed by atoms with van der Waals surface area (Å²) in [6.45, 7) is 6.94. The van der Waals surface area contributed by atoms with Gasteiger partial charge < -0.3 is 4.74 Å². The third-order valence-corrected chi connectivity index (χ3v) is 2.98. The second-order valence-corrected chi connectivity index (χ2v) is 3.76. The molecule has 0 aromatic rings. The van der Waals surface area contributed by atoms with Crippen LogP contribution < -0.4 is 0 Å². The number of Topliss-reactive ketones (excluding diaryl/α,β-unsaturated/α-hetero) is 1. The summed E-state index contributed by atoms with van der Waals surface area (Å²) in [4.78, 5) is 11.3. The van der Waals surface area contributed by atoms with Gasteiger partial charge in [0.25, 0.3) is 0 Å². The van der Waals surface area contributed by atoms with Crippen LogP contribution in [0.3, 0.4) is 0 Å². The van der Waals surface area contributed by atoms with E-state index >= 15 is 0 Å². The summed E-state index contributed by atoms with van der Waals surface area (Å²) in [7, 11) is 0. The lowest BCUT2D eigenvalue weighted by atomic mass is 9.64. The first-order valence-corrected chi connectivity index (χ1v) is 4.80. The highest BCUT2D eigenvalue weighted by atomic mass is 16.5. The van der Waals surface area contributed by atoms with Gasteiger partial charge in [0.05, 0.1) is 11.5 Å². The predicted octanol–water partition coefficient (Wildman–Crippen LogP) is 2.17. The van der Waals surface area contributed by atoms with Crippen LogP contribution in [0.1, 0.15) is 40.0 Å². The van der Waals surface area contributed by atoms with Crippen LogP contribution in [-0.2, 0) is 9.53 Å². The van der Waals surface area contributed by atoms with Crippen molar-refractivity contribution in [2.24, 2.45) is 5.41 Å². The lowest BCUT2D eigenvalue weighted by Gasteiger charge is -2.44. The van der Waals surface area contributed by atoms with Gasteiger partial charge >= 0.3 is 0 Å². The van der Waals surface area contributed by atoms with Crippen LogP contribution in [0, 0.1) is 5.41 Å². The van der Waals surface area contributed by atoms with Gasteiger partial charge in [-0.1, -0.05) is 20.8 Å². The Kier molecular flexibility index (Phi) is 2.89. The molecule has 1 aliphatic rings. The van der Waals surface area contributed by atoms with E-state index in [1.54, 1.807) is 0 Å². The maximum absolute atomic E-state index is 11.3. The van der Waals surface area contributed by atoms with Crippen LogP contribution >= 0.6 is 0 Å². The molecule has 2 unspecified atom stereocenters. The van der Waals surface area contributed by atoms with E-state index < -0.39 is 0 Å². The quantitative estimate of drug-likeness (QED) is 0.646. The van der Waals surface area contributed by atoms with Gasteiger partial charge in [-0.3, -0.25) is 4.79 Å². The molecule has 2 nitrogen and oxygen atoms in total. The fourth-order valence-corrected chi connectivity index (χ4v) is 1.60. The van der Waals surface area contributed by atoms with Crippen LogP contribution in [0.5, 0.6) is 0 Å². The highest BCUT2D eigenvalue weighted by molar-refractivity contribution is 5.91. The molecule has 0 aliphatic heterocycles. The molecule has 1 fully saturated rings. The van der Waals surface area contributed by atoms with Crippen LogP contribution in [-0.4, -0.2) is 18.5 Å². The molecular weight excluding hydrogens is 152 g/mol. The van der Waals surface area contributed by atoms with Crippen molar-refractivity contribution in [2.45, 2.75) is 46.1 Å². The molecule has 0 saturated heterocycles. The number of ether oxygens (including phenoxy) is 1. The highest BCUT2D eigenvalue weighted by Gasteiger charge is 2.50. The molecule has 0 spiro atoms. The monoisotopic (exact) mass is 170 g/mol. The maximum Gasteiger partial charge on any atom is 0.143 e. The third kappa shape index (κ3) is 1.40. The van der Waals surface area contributed by atoms with E-state index in [4.69, 9.17) is 4.74 Å². The molecule has 0 N–H and O–H groups in total. The van der Waals surface area contributed by atoms with Crippen molar-refractivity contribution >= 4 is 5.78 Å². The smallest absolute Gasteiger partial charge is 0.143 e. The van der Waals surface area contributed by atoms with Gasteiger partial charge in [-0.15, -0.1) is 0 Å². The number of carbonyl (C=O) groups excluding carboxylic acids is 1. The summed E-state index contributed by atoms with van der Waals surface area (Å²) in [6.07, 6.45) is 2.75. The Hall–Kier alpha value is -0.370. The summed E-state index contributed by atoms with van der Waals surface area (Å²) >= 11 is 0. The van der Waals surface area contributed by atoms with E-state index in [-0.39, 0.29) is 11.5 Å². The Morgan fingerprint density at radius 3 is 2.67 bits per heavy atom. The van der Waals surface area contributed by atoms with Gasteiger partial charge in [-0.05, 0) is 12.8 Å². The molecular formula is C10H18O2. The number of ketones is 1. The van der Waals surface area contributed by atoms with E-state index in [0.29, 0.717) is 12.2 Å². The zero-order valence-electron chi connectivity index (χ0n) is 8.22. The first-order valence-electron chi connectivity index (χ1n) is 4.80. The molecule has 1 rings (SSSR count). The van der Waals surface area contributed by atoms with Gasteiger partial charge in [-0.25, -0.2) is 0 Å². The van der Waals surface area contributed by atoms with Gasteiger partial charge in [0.15, 0.2) is 0 Å². The summed E-state index contributed by atoms with van der Waals surface area (Å²) in [5, 5.41) is 0. The first-order chi connectivity index (χ1) is 5.65.